The van der Waals surface area contributed by atoms with Crippen molar-refractivity contribution in [2.24, 2.45) is 0 Å². The zero-order chi connectivity index (χ0) is 12.6. The summed E-state index contributed by atoms with van der Waals surface area (Å²) in [6, 6.07) is -0.226. The van der Waals surface area contributed by atoms with E-state index in [4.69, 9.17) is 5.11 Å². The van der Waals surface area contributed by atoms with E-state index in [1.165, 1.54) is 17.1 Å². The lowest BCUT2D eigenvalue weighted by molar-refractivity contribution is -0.353. The molecule has 0 radical (unpaired) electrons. The zero-order valence-electron chi connectivity index (χ0n) is 8.52. The van der Waals surface area contributed by atoms with Crippen molar-refractivity contribution in [2.45, 2.75) is 31.3 Å². The maximum absolute atomic E-state index is 11.8. The third kappa shape index (κ3) is 2.76. The van der Waals surface area contributed by atoms with Crippen molar-refractivity contribution in [2.75, 3.05) is 0 Å². The van der Waals surface area contributed by atoms with Gasteiger partial charge in [0.2, 0.25) is 0 Å². The second-order valence-corrected chi connectivity index (χ2v) is 3.83. The number of carbonyl (C=O) groups is 1. The van der Waals surface area contributed by atoms with Gasteiger partial charge >= 0.3 is 12.3 Å². The van der Waals surface area contributed by atoms with Gasteiger partial charge in [0, 0.05) is 6.20 Å². The Labute approximate surface area is 93.8 Å². The fraction of sp³-hybridized carbons (Fsp3) is 0.556. The average Bonchev–Trinajstić information content (AvgIpc) is 2.57. The largest absolute Gasteiger partial charge is 0.522 e. The number of halogens is 3. The second-order valence-electron chi connectivity index (χ2n) is 3.83. The van der Waals surface area contributed by atoms with Crippen LogP contribution in [0.5, 0.6) is 0 Å². The number of ether oxygens (including phenoxy) is 1. The van der Waals surface area contributed by atoms with Crippen LogP contribution in [0.15, 0.2) is 12.4 Å². The summed E-state index contributed by atoms with van der Waals surface area (Å²) >= 11 is 0. The quantitative estimate of drug-likeness (QED) is 0.888. The van der Waals surface area contributed by atoms with Crippen molar-refractivity contribution in [3.8, 4) is 0 Å². The molecule has 0 spiro atoms. The average molecular weight is 250 g/mol. The van der Waals surface area contributed by atoms with Gasteiger partial charge in [0.05, 0.1) is 23.9 Å². The molecule has 0 saturated heterocycles. The molecule has 1 N–H and O–H groups in total. The Hall–Kier alpha value is -1.57. The van der Waals surface area contributed by atoms with Crippen molar-refractivity contribution in [1.29, 1.82) is 0 Å². The predicted molar refractivity (Wildman–Crippen MR) is 48.4 cm³/mol. The molecule has 8 heteroatoms. The Bertz CT molecular complexity index is 423. The number of carboxylic acids is 1. The van der Waals surface area contributed by atoms with Gasteiger partial charge in [0.1, 0.15) is 0 Å². The highest BCUT2D eigenvalue weighted by Crippen LogP contribution is 2.37. The molecule has 1 fully saturated rings. The number of nitrogens with zero attached hydrogens (tertiary/aromatic N) is 2. The van der Waals surface area contributed by atoms with E-state index in [1.807, 2.05) is 0 Å². The Kier molecular flexibility index (Phi) is 2.82. The number of rotatable bonds is 3. The summed E-state index contributed by atoms with van der Waals surface area (Å²) in [5.74, 6) is -1.11. The summed E-state index contributed by atoms with van der Waals surface area (Å²) in [5.41, 5.74) is 0.0187. The summed E-state index contributed by atoms with van der Waals surface area (Å²) in [7, 11) is 0. The zero-order valence-corrected chi connectivity index (χ0v) is 8.52. The third-order valence-corrected chi connectivity index (χ3v) is 2.59. The summed E-state index contributed by atoms with van der Waals surface area (Å²) in [6.45, 7) is 0. The molecule has 0 bridgehead atoms. The molecule has 0 amide bonds. The first-order chi connectivity index (χ1) is 7.85. The van der Waals surface area contributed by atoms with Crippen LogP contribution in [0.3, 0.4) is 0 Å². The fourth-order valence-electron chi connectivity index (χ4n) is 1.69. The lowest BCUT2D eigenvalue weighted by atomic mass is 9.89. The first kappa shape index (κ1) is 11.9. The van der Waals surface area contributed by atoms with Gasteiger partial charge in [-0.1, -0.05) is 0 Å². The highest BCUT2D eigenvalue weighted by molar-refractivity contribution is 5.86. The van der Waals surface area contributed by atoms with E-state index in [9.17, 15) is 18.0 Å². The molecule has 1 aliphatic rings. The molecular weight excluding hydrogens is 241 g/mol. The second kappa shape index (κ2) is 4.02. The van der Waals surface area contributed by atoms with E-state index >= 15 is 0 Å². The molecule has 17 heavy (non-hydrogen) atoms. The number of aromatic nitrogens is 2. The standard InChI is InChI=1S/C9H9F3N2O3/c10-9(11,12)17-7-1-6(2-7)14-4-5(3-13-14)8(15)16/h3-4,6-7H,1-2H2,(H,15,16). The number of hydrogen-bond acceptors (Lipinski definition) is 3. The van der Waals surface area contributed by atoms with Crippen LogP contribution < -0.4 is 0 Å². The van der Waals surface area contributed by atoms with Crippen LogP contribution in [0.1, 0.15) is 29.2 Å². The van der Waals surface area contributed by atoms with Crippen LogP contribution in [0.25, 0.3) is 0 Å². The molecule has 0 unspecified atom stereocenters. The van der Waals surface area contributed by atoms with Gasteiger partial charge in [-0.3, -0.25) is 9.42 Å². The summed E-state index contributed by atoms with van der Waals surface area (Å²) in [4.78, 5) is 10.6. The molecule has 2 rings (SSSR count). The molecule has 1 aromatic heterocycles. The maximum atomic E-state index is 11.8. The van der Waals surface area contributed by atoms with E-state index in [0.29, 0.717) is 0 Å². The van der Waals surface area contributed by atoms with E-state index in [-0.39, 0.29) is 24.4 Å². The Balaban J connectivity index is 1.89. The van der Waals surface area contributed by atoms with E-state index in [0.717, 1.165) is 0 Å². The van der Waals surface area contributed by atoms with Crippen LogP contribution in [0.2, 0.25) is 0 Å². The molecule has 1 aliphatic carbocycles. The summed E-state index contributed by atoms with van der Waals surface area (Å²) in [6.07, 6.45) is -2.65. The highest BCUT2D eigenvalue weighted by Gasteiger charge is 2.41. The molecule has 1 aromatic rings. The molecule has 5 nitrogen and oxygen atoms in total. The van der Waals surface area contributed by atoms with Gasteiger partial charge < -0.3 is 5.11 Å². The van der Waals surface area contributed by atoms with Crippen molar-refractivity contribution >= 4 is 5.97 Å². The third-order valence-electron chi connectivity index (χ3n) is 2.59. The van der Waals surface area contributed by atoms with Gasteiger partial charge in [0.25, 0.3) is 0 Å². The number of alkyl halides is 3. The van der Waals surface area contributed by atoms with Crippen LogP contribution in [-0.4, -0.2) is 33.3 Å². The van der Waals surface area contributed by atoms with Crippen LogP contribution in [-0.2, 0) is 4.74 Å². The Morgan fingerprint density at radius 2 is 2.18 bits per heavy atom. The molecule has 94 valence electrons. The lowest BCUT2D eigenvalue weighted by Gasteiger charge is -2.35. The topological polar surface area (TPSA) is 64.3 Å². The van der Waals surface area contributed by atoms with Gasteiger partial charge in [-0.15, -0.1) is 13.2 Å². The van der Waals surface area contributed by atoms with Crippen molar-refractivity contribution in [3.05, 3.63) is 18.0 Å². The first-order valence-electron chi connectivity index (χ1n) is 4.87. The smallest absolute Gasteiger partial charge is 0.478 e. The predicted octanol–water partition coefficient (Wildman–Crippen LogP) is 1.82. The van der Waals surface area contributed by atoms with Crippen molar-refractivity contribution in [3.63, 3.8) is 0 Å². The first-order valence-corrected chi connectivity index (χ1v) is 4.87. The Morgan fingerprint density at radius 3 is 2.65 bits per heavy atom. The molecule has 0 atom stereocenters. The lowest BCUT2D eigenvalue weighted by Crippen LogP contribution is -2.37. The molecular formula is C9H9F3N2O3. The van der Waals surface area contributed by atoms with Gasteiger partial charge in [-0.05, 0) is 12.8 Å². The van der Waals surface area contributed by atoms with Gasteiger partial charge in [-0.25, -0.2) is 4.79 Å². The Morgan fingerprint density at radius 1 is 1.53 bits per heavy atom. The number of aromatic carboxylic acids is 1. The molecule has 0 aliphatic heterocycles. The monoisotopic (exact) mass is 250 g/mol. The number of carboxylic acid groups (broad SMARTS) is 1. The minimum atomic E-state index is -4.62. The van der Waals surface area contributed by atoms with Crippen molar-refractivity contribution in [1.82, 2.24) is 9.78 Å². The highest BCUT2D eigenvalue weighted by atomic mass is 19.4. The molecule has 0 aromatic carbocycles. The minimum Gasteiger partial charge on any atom is -0.478 e. The van der Waals surface area contributed by atoms with Gasteiger partial charge in [-0.2, -0.15) is 5.10 Å². The summed E-state index contributed by atoms with van der Waals surface area (Å²) < 4.78 is 40.7. The van der Waals surface area contributed by atoms with Crippen LogP contribution >= 0.6 is 0 Å². The normalized spacial score (nSPS) is 24.4. The van der Waals surface area contributed by atoms with Gasteiger partial charge in [0.15, 0.2) is 0 Å². The SMILES string of the molecule is O=C(O)c1cnn(C2CC(OC(F)(F)F)C2)c1. The van der Waals surface area contributed by atoms with E-state index < -0.39 is 18.4 Å². The fourth-order valence-corrected chi connectivity index (χ4v) is 1.69. The van der Waals surface area contributed by atoms with E-state index in [1.54, 1.807) is 0 Å². The number of hydrogen-bond donors (Lipinski definition) is 1. The molecule has 1 saturated carbocycles. The van der Waals surface area contributed by atoms with Crippen LogP contribution in [0.4, 0.5) is 13.2 Å². The summed E-state index contributed by atoms with van der Waals surface area (Å²) in [5, 5.41) is 12.4. The molecule has 1 heterocycles. The van der Waals surface area contributed by atoms with E-state index in [2.05, 4.69) is 9.84 Å². The van der Waals surface area contributed by atoms with Crippen LogP contribution in [0, 0.1) is 0 Å². The maximum Gasteiger partial charge on any atom is 0.522 e. The van der Waals surface area contributed by atoms with Crippen molar-refractivity contribution < 1.29 is 27.8 Å². The minimum absolute atomic E-state index is 0.0187.